The van der Waals surface area contributed by atoms with Crippen LogP contribution < -0.4 is 5.32 Å². The molecule has 3 rings (SSSR count). The van der Waals surface area contributed by atoms with Gasteiger partial charge in [-0.15, -0.1) is 0 Å². The van der Waals surface area contributed by atoms with E-state index in [4.69, 9.17) is 0 Å². The van der Waals surface area contributed by atoms with Crippen LogP contribution in [0.2, 0.25) is 0 Å². The third-order valence-electron chi connectivity index (χ3n) is 5.04. The molecule has 1 aromatic carbocycles. The molecule has 104 valence electrons. The van der Waals surface area contributed by atoms with Crippen LogP contribution in [-0.2, 0) is 11.0 Å². The van der Waals surface area contributed by atoms with Crippen LogP contribution in [-0.4, -0.2) is 18.3 Å². The molecule has 1 atom stereocenters. The largest absolute Gasteiger partial charge is 0.394 e. The monoisotopic (exact) mass is 259 g/mol. The lowest BCUT2D eigenvalue weighted by Gasteiger charge is -2.45. The van der Waals surface area contributed by atoms with Gasteiger partial charge in [0, 0.05) is 0 Å². The molecule has 0 radical (unpaired) electrons. The summed E-state index contributed by atoms with van der Waals surface area (Å²) < 4.78 is 0. The number of rotatable bonds is 4. The Balaban J connectivity index is 1.96. The van der Waals surface area contributed by atoms with E-state index in [0.717, 1.165) is 25.3 Å². The lowest BCUT2D eigenvalue weighted by Crippen LogP contribution is -2.51. The predicted molar refractivity (Wildman–Crippen MR) is 78.2 cm³/mol. The van der Waals surface area contributed by atoms with Crippen LogP contribution in [0.4, 0.5) is 0 Å². The van der Waals surface area contributed by atoms with Gasteiger partial charge in [0.25, 0.3) is 0 Å². The first-order valence-electron chi connectivity index (χ1n) is 7.53. The zero-order chi connectivity index (χ0) is 13.5. The summed E-state index contributed by atoms with van der Waals surface area (Å²) in [7, 11) is 0. The van der Waals surface area contributed by atoms with Gasteiger partial charge in [-0.25, -0.2) is 0 Å². The fourth-order valence-electron chi connectivity index (χ4n) is 3.35. The maximum Gasteiger partial charge on any atom is 0.0672 e. The zero-order valence-electron chi connectivity index (χ0n) is 12.1. The van der Waals surface area contributed by atoms with Gasteiger partial charge in [0.15, 0.2) is 0 Å². The van der Waals surface area contributed by atoms with E-state index in [1.54, 1.807) is 0 Å². The first kappa shape index (κ1) is 13.1. The van der Waals surface area contributed by atoms with Crippen molar-refractivity contribution in [2.75, 3.05) is 13.2 Å². The van der Waals surface area contributed by atoms with E-state index in [0.29, 0.717) is 0 Å². The number of hydrogen-bond donors (Lipinski definition) is 2. The molecule has 0 aliphatic heterocycles. The first-order valence-corrected chi connectivity index (χ1v) is 7.53. The quantitative estimate of drug-likeness (QED) is 0.871. The van der Waals surface area contributed by atoms with Gasteiger partial charge < -0.3 is 10.4 Å². The minimum atomic E-state index is -0.214. The summed E-state index contributed by atoms with van der Waals surface area (Å²) in [6.07, 6.45) is 4.85. The molecule has 1 saturated carbocycles. The van der Waals surface area contributed by atoms with E-state index in [1.807, 2.05) is 0 Å². The van der Waals surface area contributed by atoms with Crippen molar-refractivity contribution < 1.29 is 5.11 Å². The van der Waals surface area contributed by atoms with Gasteiger partial charge in [-0.1, -0.05) is 38.1 Å². The SMILES string of the molecule is CC1(C)CCC(CO)(NCC2CC2)c2ccccc21. The molecular weight excluding hydrogens is 234 g/mol. The predicted octanol–water partition coefficient (Wildman–Crippen LogP) is 2.95. The van der Waals surface area contributed by atoms with Crippen molar-refractivity contribution >= 4 is 0 Å². The molecule has 2 nitrogen and oxygen atoms in total. The third kappa shape index (κ3) is 2.32. The van der Waals surface area contributed by atoms with Crippen LogP contribution >= 0.6 is 0 Å². The average Bonchev–Trinajstić information content (AvgIpc) is 3.23. The maximum atomic E-state index is 10.0. The number of hydrogen-bond acceptors (Lipinski definition) is 2. The Morgan fingerprint density at radius 3 is 2.47 bits per heavy atom. The summed E-state index contributed by atoms with van der Waals surface area (Å²) in [4.78, 5) is 0. The molecule has 1 unspecified atom stereocenters. The maximum absolute atomic E-state index is 10.0. The first-order chi connectivity index (χ1) is 9.07. The summed E-state index contributed by atoms with van der Waals surface area (Å²) >= 11 is 0. The Morgan fingerprint density at radius 2 is 1.84 bits per heavy atom. The Bertz CT molecular complexity index is 464. The highest BCUT2D eigenvalue weighted by Crippen LogP contribution is 2.45. The minimum absolute atomic E-state index is 0.201. The van der Waals surface area contributed by atoms with Gasteiger partial charge >= 0.3 is 0 Å². The normalized spacial score (nSPS) is 29.0. The molecule has 19 heavy (non-hydrogen) atoms. The van der Waals surface area contributed by atoms with Crippen molar-refractivity contribution in [3.63, 3.8) is 0 Å². The number of benzene rings is 1. The van der Waals surface area contributed by atoms with E-state index >= 15 is 0 Å². The smallest absolute Gasteiger partial charge is 0.0672 e. The number of aliphatic hydroxyl groups is 1. The van der Waals surface area contributed by atoms with Crippen molar-refractivity contribution in [2.45, 2.75) is 50.5 Å². The van der Waals surface area contributed by atoms with Crippen LogP contribution in [0.15, 0.2) is 24.3 Å². The van der Waals surface area contributed by atoms with E-state index in [1.165, 1.54) is 24.0 Å². The standard InChI is InChI=1S/C17H25NO/c1-16(2)9-10-17(12-19,18-11-13-7-8-13)15-6-4-3-5-14(15)16/h3-6,13,18-19H,7-12H2,1-2H3. The highest BCUT2D eigenvalue weighted by Gasteiger charge is 2.42. The van der Waals surface area contributed by atoms with Crippen LogP contribution in [0.3, 0.4) is 0 Å². The molecule has 2 aliphatic rings. The van der Waals surface area contributed by atoms with Crippen molar-refractivity contribution in [2.24, 2.45) is 5.92 Å². The van der Waals surface area contributed by atoms with Crippen LogP contribution in [0.5, 0.6) is 0 Å². The van der Waals surface area contributed by atoms with Crippen molar-refractivity contribution in [1.29, 1.82) is 0 Å². The van der Waals surface area contributed by atoms with Crippen LogP contribution in [0.1, 0.15) is 50.7 Å². The van der Waals surface area contributed by atoms with Crippen molar-refractivity contribution in [1.82, 2.24) is 5.32 Å². The molecule has 0 aromatic heterocycles. The molecule has 0 heterocycles. The van der Waals surface area contributed by atoms with Gasteiger partial charge in [-0.05, 0) is 54.7 Å². The number of nitrogens with one attached hydrogen (secondary N) is 1. The molecule has 2 N–H and O–H groups in total. The molecule has 0 amide bonds. The second kappa shape index (κ2) is 4.60. The second-order valence-electron chi connectivity index (χ2n) is 6.99. The van der Waals surface area contributed by atoms with Crippen LogP contribution in [0.25, 0.3) is 0 Å². The van der Waals surface area contributed by atoms with Gasteiger partial charge in [0.05, 0.1) is 12.1 Å². The van der Waals surface area contributed by atoms with E-state index in [9.17, 15) is 5.11 Å². The molecular formula is C17H25NO. The molecule has 1 fully saturated rings. The highest BCUT2D eigenvalue weighted by molar-refractivity contribution is 5.41. The van der Waals surface area contributed by atoms with E-state index in [-0.39, 0.29) is 17.6 Å². The molecule has 0 bridgehead atoms. The average molecular weight is 259 g/mol. The molecule has 1 aromatic rings. The van der Waals surface area contributed by atoms with Gasteiger partial charge in [0.2, 0.25) is 0 Å². The molecule has 2 heteroatoms. The highest BCUT2D eigenvalue weighted by atomic mass is 16.3. The fourth-order valence-corrected chi connectivity index (χ4v) is 3.35. The Labute approximate surface area is 116 Å². The molecule has 2 aliphatic carbocycles. The Morgan fingerprint density at radius 1 is 1.16 bits per heavy atom. The Hall–Kier alpha value is -0.860. The van der Waals surface area contributed by atoms with E-state index in [2.05, 4.69) is 43.4 Å². The fraction of sp³-hybridized carbons (Fsp3) is 0.647. The van der Waals surface area contributed by atoms with Crippen molar-refractivity contribution in [3.8, 4) is 0 Å². The van der Waals surface area contributed by atoms with Crippen LogP contribution in [0, 0.1) is 5.92 Å². The Kier molecular flexibility index (Phi) is 3.18. The van der Waals surface area contributed by atoms with Gasteiger partial charge in [-0.2, -0.15) is 0 Å². The number of aliphatic hydroxyl groups excluding tert-OH is 1. The molecule has 0 saturated heterocycles. The molecule has 0 spiro atoms. The summed E-state index contributed by atoms with van der Waals surface area (Å²) in [5, 5.41) is 13.7. The summed E-state index contributed by atoms with van der Waals surface area (Å²) in [5.41, 5.74) is 2.72. The zero-order valence-corrected chi connectivity index (χ0v) is 12.1. The number of fused-ring (bicyclic) bond motifs is 1. The lowest BCUT2D eigenvalue weighted by molar-refractivity contribution is 0.127. The second-order valence-corrected chi connectivity index (χ2v) is 6.99. The van der Waals surface area contributed by atoms with E-state index < -0.39 is 0 Å². The summed E-state index contributed by atoms with van der Waals surface area (Å²) in [6.45, 7) is 5.88. The minimum Gasteiger partial charge on any atom is -0.394 e. The lowest BCUT2D eigenvalue weighted by atomic mass is 9.65. The topological polar surface area (TPSA) is 32.3 Å². The summed E-state index contributed by atoms with van der Waals surface area (Å²) in [6, 6.07) is 8.66. The van der Waals surface area contributed by atoms with Gasteiger partial charge in [-0.3, -0.25) is 0 Å². The third-order valence-corrected chi connectivity index (χ3v) is 5.04. The van der Waals surface area contributed by atoms with Gasteiger partial charge in [0.1, 0.15) is 0 Å². The van der Waals surface area contributed by atoms with Crippen molar-refractivity contribution in [3.05, 3.63) is 35.4 Å². The summed E-state index contributed by atoms with van der Waals surface area (Å²) in [5.74, 6) is 0.838.